The zero-order valence-corrected chi connectivity index (χ0v) is 26.2. The second kappa shape index (κ2) is 10.7. The molecule has 0 fully saturated rings. The normalized spacial score (nSPS) is 12.9. The summed E-state index contributed by atoms with van der Waals surface area (Å²) in [5, 5.41) is 4.49. The number of hydrogen-bond donors (Lipinski definition) is 0. The molecule has 0 N–H and O–H groups in total. The molecule has 0 aliphatic rings. The van der Waals surface area contributed by atoms with E-state index in [4.69, 9.17) is 13.8 Å². The van der Waals surface area contributed by atoms with Crippen molar-refractivity contribution in [2.75, 3.05) is 0 Å². The molecule has 0 amide bonds. The number of hydrogen-bond acceptors (Lipinski definition) is 2. The molecule has 0 atom stereocenters. The Hall–Kier alpha value is -6.66. The second-order valence-electron chi connectivity index (χ2n) is 12.1. The van der Waals surface area contributed by atoms with Crippen LogP contribution >= 0.6 is 0 Å². The van der Waals surface area contributed by atoms with E-state index < -0.39 is 6.98 Å². The fraction of sp³-hybridized carbons (Fsp3) is 0.0233. The molecule has 6 nitrogen and oxygen atoms in total. The van der Waals surface area contributed by atoms with Crippen LogP contribution in [0.25, 0.3) is 71.8 Å². The average Bonchev–Trinajstić information content (AvgIpc) is 3.83. The lowest BCUT2D eigenvalue weighted by atomic mass is 10.1. The Morgan fingerprint density at radius 3 is 2.06 bits per heavy atom. The Morgan fingerprint density at radius 1 is 0.551 bits per heavy atom. The number of ether oxygens (including phenoxy) is 1. The van der Waals surface area contributed by atoms with E-state index in [1.165, 1.54) is 4.57 Å². The summed E-state index contributed by atoms with van der Waals surface area (Å²) in [6.07, 6.45) is 5.01. The van der Waals surface area contributed by atoms with Gasteiger partial charge in [-0.3, -0.25) is 4.57 Å². The van der Waals surface area contributed by atoms with Crippen LogP contribution in [-0.4, -0.2) is 18.7 Å². The van der Waals surface area contributed by atoms with Crippen LogP contribution in [0.5, 0.6) is 11.5 Å². The zero-order valence-electron chi connectivity index (χ0n) is 29.2. The molecule has 4 aromatic heterocycles. The highest BCUT2D eigenvalue weighted by Crippen LogP contribution is 2.37. The minimum absolute atomic E-state index is 0.573. The Kier molecular flexibility index (Phi) is 5.34. The minimum Gasteiger partial charge on any atom is -0.458 e. The molecule has 10 aromatic rings. The third-order valence-corrected chi connectivity index (χ3v) is 9.31. The highest BCUT2D eigenvalue weighted by Gasteiger charge is 2.18. The highest BCUT2D eigenvalue weighted by atomic mass is 16.5. The van der Waals surface area contributed by atoms with E-state index in [1.54, 1.807) is 10.6 Å². The molecule has 0 aliphatic carbocycles. The summed E-state index contributed by atoms with van der Waals surface area (Å²) >= 11 is 0. The quantitative estimate of drug-likeness (QED) is 0.140. The van der Waals surface area contributed by atoms with Crippen LogP contribution in [0.3, 0.4) is 0 Å². The minimum atomic E-state index is -2.37. The summed E-state index contributed by atoms with van der Waals surface area (Å²) < 4.78 is 38.1. The SMILES string of the molecule is [2H]C([2H])([2H])[n+]1[c-]n(-c2cccc(Oc3ccc4c5ccccc5n(-c5cc6c7ccccc7n(-c7ccccc7)c6cn5)c4c3)c2)c2ccccc21. The van der Waals surface area contributed by atoms with Gasteiger partial charge in [0, 0.05) is 33.3 Å². The van der Waals surface area contributed by atoms with E-state index in [0.717, 1.165) is 66.3 Å². The van der Waals surface area contributed by atoms with E-state index in [-0.39, 0.29) is 0 Å². The van der Waals surface area contributed by atoms with Crippen molar-refractivity contribution >= 4 is 54.6 Å². The van der Waals surface area contributed by atoms with Gasteiger partial charge < -0.3 is 18.4 Å². The van der Waals surface area contributed by atoms with E-state index in [2.05, 4.69) is 106 Å². The van der Waals surface area contributed by atoms with Crippen molar-refractivity contribution in [2.24, 2.45) is 6.98 Å². The van der Waals surface area contributed by atoms with Crippen molar-refractivity contribution in [3.05, 3.63) is 164 Å². The molecule has 232 valence electrons. The molecule has 0 radical (unpaired) electrons. The van der Waals surface area contributed by atoms with Crippen LogP contribution in [-0.2, 0) is 6.98 Å². The van der Waals surface area contributed by atoms with E-state index in [9.17, 15) is 0 Å². The van der Waals surface area contributed by atoms with Crippen molar-refractivity contribution in [3.8, 4) is 28.7 Å². The third-order valence-electron chi connectivity index (χ3n) is 9.31. The molecule has 0 unspecified atom stereocenters. The van der Waals surface area contributed by atoms with Crippen molar-refractivity contribution in [2.45, 2.75) is 0 Å². The van der Waals surface area contributed by atoms with Gasteiger partial charge in [0.1, 0.15) is 17.3 Å². The van der Waals surface area contributed by atoms with E-state index in [1.807, 2.05) is 60.8 Å². The first kappa shape index (κ1) is 24.5. The van der Waals surface area contributed by atoms with Crippen molar-refractivity contribution in [1.29, 1.82) is 0 Å². The Labute approximate surface area is 286 Å². The zero-order chi connectivity index (χ0) is 35.0. The van der Waals surface area contributed by atoms with Gasteiger partial charge in [-0.25, -0.2) is 4.98 Å². The number of pyridine rings is 1. The van der Waals surface area contributed by atoms with Crippen LogP contribution in [0.2, 0.25) is 0 Å². The largest absolute Gasteiger partial charge is 0.458 e. The summed E-state index contributed by atoms with van der Waals surface area (Å²) in [5.74, 6) is 2.08. The van der Waals surface area contributed by atoms with Gasteiger partial charge in [-0.2, -0.15) is 0 Å². The van der Waals surface area contributed by atoms with Gasteiger partial charge in [-0.15, -0.1) is 0 Å². The maximum atomic E-state index is 8.04. The summed E-state index contributed by atoms with van der Waals surface area (Å²) in [6.45, 7) is -2.37. The molecular formula is C43H29N5O. The molecule has 4 heterocycles. The highest BCUT2D eigenvalue weighted by molar-refractivity contribution is 6.12. The predicted octanol–water partition coefficient (Wildman–Crippen LogP) is 9.64. The van der Waals surface area contributed by atoms with Gasteiger partial charge in [0.15, 0.2) is 0 Å². The first-order valence-electron chi connectivity index (χ1n) is 17.6. The number of aromatic nitrogens is 5. The number of nitrogens with zero attached hydrogens (tertiary/aromatic N) is 5. The molecule has 0 saturated carbocycles. The first-order chi connectivity index (χ1) is 25.4. The molecular weight excluding hydrogens is 603 g/mol. The molecule has 0 saturated heterocycles. The van der Waals surface area contributed by atoms with Gasteiger partial charge >= 0.3 is 0 Å². The van der Waals surface area contributed by atoms with Gasteiger partial charge in [0.25, 0.3) is 0 Å². The molecule has 0 spiro atoms. The number of benzene rings is 6. The smallest absolute Gasteiger partial charge is 0.244 e. The van der Waals surface area contributed by atoms with Crippen molar-refractivity contribution in [1.82, 2.24) is 18.7 Å². The molecule has 10 rings (SSSR count). The summed E-state index contributed by atoms with van der Waals surface area (Å²) in [4.78, 5) is 5.09. The number of imidazole rings is 1. The van der Waals surface area contributed by atoms with Crippen LogP contribution in [0.1, 0.15) is 4.11 Å². The number of rotatable bonds is 5. The van der Waals surface area contributed by atoms with Crippen LogP contribution in [0.15, 0.2) is 158 Å². The van der Waals surface area contributed by atoms with Crippen molar-refractivity contribution in [3.63, 3.8) is 0 Å². The predicted molar refractivity (Wildman–Crippen MR) is 196 cm³/mol. The lowest BCUT2D eigenvalue weighted by Gasteiger charge is -2.11. The number of aryl methyl sites for hydroxylation is 1. The van der Waals surface area contributed by atoms with Crippen molar-refractivity contribution < 1.29 is 13.4 Å². The van der Waals surface area contributed by atoms with E-state index in [0.29, 0.717) is 17.0 Å². The Bertz CT molecular complexity index is 2990. The summed E-state index contributed by atoms with van der Waals surface area (Å²) in [5.41, 5.74) is 7.32. The number of fused-ring (bicyclic) bond motifs is 7. The fourth-order valence-corrected chi connectivity index (χ4v) is 7.16. The molecule has 0 aliphatic heterocycles. The lowest BCUT2D eigenvalue weighted by Crippen LogP contribution is -2.26. The van der Waals surface area contributed by atoms with Gasteiger partial charge in [-0.1, -0.05) is 91.0 Å². The van der Waals surface area contributed by atoms with Gasteiger partial charge in [-0.05, 0) is 54.6 Å². The molecule has 0 bridgehead atoms. The summed E-state index contributed by atoms with van der Waals surface area (Å²) in [6, 6.07) is 50.6. The van der Waals surface area contributed by atoms with Crippen LogP contribution in [0.4, 0.5) is 0 Å². The number of para-hydroxylation sites is 5. The Morgan fingerprint density at radius 2 is 1.22 bits per heavy atom. The Balaban J connectivity index is 1.10. The molecule has 6 aromatic carbocycles. The summed E-state index contributed by atoms with van der Waals surface area (Å²) in [7, 11) is 0. The molecule has 6 heteroatoms. The second-order valence-corrected chi connectivity index (χ2v) is 12.1. The van der Waals surface area contributed by atoms with Crippen LogP contribution in [0, 0.1) is 6.33 Å². The monoisotopic (exact) mass is 634 g/mol. The van der Waals surface area contributed by atoms with Gasteiger partial charge in [0.05, 0.1) is 56.1 Å². The van der Waals surface area contributed by atoms with Gasteiger partial charge in [0.2, 0.25) is 6.33 Å². The van der Waals surface area contributed by atoms with E-state index >= 15 is 0 Å². The lowest BCUT2D eigenvalue weighted by molar-refractivity contribution is -0.649. The topological polar surface area (TPSA) is 40.8 Å². The third kappa shape index (κ3) is 4.27. The maximum Gasteiger partial charge on any atom is 0.244 e. The molecule has 49 heavy (non-hydrogen) atoms. The van der Waals surface area contributed by atoms with Crippen LogP contribution < -0.4 is 9.30 Å². The first-order valence-corrected chi connectivity index (χ1v) is 16.1. The average molecular weight is 635 g/mol. The fourth-order valence-electron chi connectivity index (χ4n) is 7.16. The standard InChI is InChI=1S/C43H29N5O/c1-45-28-46(40-21-10-9-20-39(40)45)30-14-11-15-31(24-30)49-32-22-23-35-33-16-5-8-19-38(33)48(41(35)25-32)43-26-36-34-17-6-7-18-37(34)47(42(36)27-44-43)29-12-3-2-4-13-29/h2-27H,1H3/i1D3. The maximum absolute atomic E-state index is 8.04.